The van der Waals surface area contributed by atoms with Crippen molar-refractivity contribution in [3.8, 4) is 0 Å². The minimum absolute atomic E-state index is 0. The van der Waals surface area contributed by atoms with Gasteiger partial charge in [-0.25, -0.2) is 0 Å². The van der Waals surface area contributed by atoms with Crippen molar-refractivity contribution >= 4 is 66.2 Å². The molecule has 0 radical (unpaired) electrons. The molecule has 0 aliphatic heterocycles. The van der Waals surface area contributed by atoms with E-state index < -0.39 is 101 Å². The molecular formula is C50H98Na4O21S3. The van der Waals surface area contributed by atoms with Gasteiger partial charge >= 0.3 is 154 Å². The number of esters is 3. The van der Waals surface area contributed by atoms with E-state index in [2.05, 4.69) is 20.8 Å². The normalized spacial score (nSPS) is 12.1. The van der Waals surface area contributed by atoms with Crippen molar-refractivity contribution in [3.05, 3.63) is 0 Å². The average Bonchev–Trinajstić information content (AvgIpc) is 3.30. The van der Waals surface area contributed by atoms with Crippen LogP contribution in [0.1, 0.15) is 251 Å². The number of hydrogen-bond acceptors (Lipinski definition) is 15. The maximum absolute atomic E-state index is 12.2. The van der Waals surface area contributed by atoms with Gasteiger partial charge < -0.3 is 35.2 Å². The third-order valence-electron chi connectivity index (χ3n) is 11.7. The first-order valence-electron chi connectivity index (χ1n) is 26.9. The van der Waals surface area contributed by atoms with Crippen LogP contribution in [0.25, 0.3) is 0 Å². The molecule has 0 aliphatic carbocycles. The average molecular weight is 1220 g/mol. The van der Waals surface area contributed by atoms with Crippen molar-refractivity contribution < 1.29 is 221 Å². The van der Waals surface area contributed by atoms with Crippen molar-refractivity contribution in [1.82, 2.24) is 0 Å². The van der Waals surface area contributed by atoms with Gasteiger partial charge in [0.25, 0.3) is 30.4 Å². The maximum Gasteiger partial charge on any atom is 1.00 e. The Bertz CT molecular complexity index is 1870. The summed E-state index contributed by atoms with van der Waals surface area (Å²) in [4.78, 5) is 66.4. The number of carboxylic acid groups (broad SMARTS) is 3. The Balaban J connectivity index is -0.000000108. The van der Waals surface area contributed by atoms with E-state index in [1.54, 1.807) is 0 Å². The van der Waals surface area contributed by atoms with Crippen LogP contribution in [0, 0.1) is 0 Å². The minimum atomic E-state index is -4.84. The van der Waals surface area contributed by atoms with Gasteiger partial charge in [-0.15, -0.1) is 0 Å². The van der Waals surface area contributed by atoms with Gasteiger partial charge in [0.1, 0.15) is 0 Å². The molecule has 0 spiro atoms. The number of hydrogen-bond donors (Lipinski definition) is 6. The number of carbonyl (C=O) groups excluding carboxylic acids is 3. The van der Waals surface area contributed by atoms with E-state index in [9.17, 15) is 58.6 Å². The molecule has 0 amide bonds. The summed E-state index contributed by atoms with van der Waals surface area (Å²) in [5.41, 5.74) is 0. The molecule has 6 N–H and O–H groups in total. The maximum atomic E-state index is 12.2. The summed E-state index contributed by atoms with van der Waals surface area (Å²) < 4.78 is 107. The molecule has 0 aliphatic rings. The molecule has 446 valence electrons. The summed E-state index contributed by atoms with van der Waals surface area (Å²) in [5, 5.41) is 18.5. The molecule has 21 nitrogen and oxygen atoms in total. The van der Waals surface area contributed by atoms with E-state index in [4.69, 9.17) is 38.6 Å². The van der Waals surface area contributed by atoms with Gasteiger partial charge in [-0.1, -0.05) is 207 Å². The van der Waals surface area contributed by atoms with E-state index in [0.29, 0.717) is 19.3 Å². The van der Waals surface area contributed by atoms with Gasteiger partial charge in [-0.05, 0) is 19.3 Å². The number of carboxylic acids is 3. The summed E-state index contributed by atoms with van der Waals surface area (Å²) in [6, 6.07) is 0. The monoisotopic (exact) mass is 1220 g/mol. The van der Waals surface area contributed by atoms with Crippen LogP contribution in [0.3, 0.4) is 0 Å². The minimum Gasteiger partial charge on any atom is -1.00 e. The summed E-state index contributed by atoms with van der Waals surface area (Å²) in [7, 11) is -14.4. The zero-order valence-electron chi connectivity index (χ0n) is 52.6. The Morgan fingerprint density at radius 2 is 0.538 bits per heavy atom. The Morgan fingerprint density at radius 1 is 0.333 bits per heavy atom. The van der Waals surface area contributed by atoms with Crippen molar-refractivity contribution in [2.24, 2.45) is 0 Å². The summed E-state index contributed by atoms with van der Waals surface area (Å²) in [6.07, 6.45) is 33.8. The van der Waals surface area contributed by atoms with Gasteiger partial charge in [0, 0.05) is 0 Å². The second kappa shape index (κ2) is 60.7. The fraction of sp³-hybridized carbons (Fsp3) is 0.880. The molecule has 0 aromatic rings. The zero-order chi connectivity index (χ0) is 56.7. The first-order valence-corrected chi connectivity index (χ1v) is 31.4. The molecule has 3 unspecified atom stereocenters. The van der Waals surface area contributed by atoms with Crippen LogP contribution in [-0.4, -0.2) is 126 Å². The van der Waals surface area contributed by atoms with E-state index in [0.717, 1.165) is 57.8 Å². The SMILES string of the molecule is CCCCCCCCCCCCCCOC(=O)C(CC(=O)O)S(=O)(=O)O.CCCCCCCCCCCCOC(=O)CC(C(=O)OCCCCCCCCCCCC)S(=O)(=O)O.O=C(O)CC(C(=O)O)S(=O)(=O)O.[H-].[H-].[H-].[H-].[Na+].[Na+].[Na+].[Na+]. The summed E-state index contributed by atoms with van der Waals surface area (Å²) in [6.45, 7) is 6.92. The van der Waals surface area contributed by atoms with Crippen LogP contribution < -0.4 is 118 Å². The van der Waals surface area contributed by atoms with E-state index in [1.807, 2.05) is 0 Å². The van der Waals surface area contributed by atoms with Gasteiger partial charge in [0.2, 0.25) is 0 Å². The van der Waals surface area contributed by atoms with Crippen LogP contribution in [-0.2, 0) is 73.3 Å². The van der Waals surface area contributed by atoms with Crippen molar-refractivity contribution in [1.29, 1.82) is 0 Å². The molecule has 0 aromatic heterocycles. The van der Waals surface area contributed by atoms with Crippen molar-refractivity contribution in [2.45, 2.75) is 261 Å². The molecule has 3 atom stereocenters. The third-order valence-corrected chi connectivity index (χ3v) is 14.9. The summed E-state index contributed by atoms with van der Waals surface area (Å²) >= 11 is 0. The van der Waals surface area contributed by atoms with Crippen LogP contribution in [0.15, 0.2) is 0 Å². The molecule has 0 saturated heterocycles. The zero-order valence-corrected chi connectivity index (χ0v) is 59.1. The van der Waals surface area contributed by atoms with E-state index >= 15 is 0 Å². The second-order valence-electron chi connectivity index (χ2n) is 18.6. The molecule has 78 heavy (non-hydrogen) atoms. The van der Waals surface area contributed by atoms with Crippen LogP contribution in [0.2, 0.25) is 0 Å². The smallest absolute Gasteiger partial charge is 1.00 e. The Kier molecular flexibility index (Phi) is 71.8. The van der Waals surface area contributed by atoms with Crippen LogP contribution >= 0.6 is 0 Å². The fourth-order valence-electron chi connectivity index (χ4n) is 7.31. The van der Waals surface area contributed by atoms with E-state index in [1.165, 1.54) is 128 Å². The number of carbonyl (C=O) groups is 6. The molecule has 0 heterocycles. The van der Waals surface area contributed by atoms with Gasteiger partial charge in [-0.2, -0.15) is 25.3 Å². The molecule has 28 heteroatoms. The predicted octanol–water partition coefficient (Wildman–Crippen LogP) is -1.21. The van der Waals surface area contributed by atoms with Crippen molar-refractivity contribution in [2.75, 3.05) is 19.8 Å². The van der Waals surface area contributed by atoms with Crippen LogP contribution in [0.4, 0.5) is 0 Å². The Morgan fingerprint density at radius 3 is 0.744 bits per heavy atom. The number of unbranched alkanes of at least 4 members (excludes halogenated alkanes) is 29. The fourth-order valence-corrected chi connectivity index (χ4v) is 9.24. The second-order valence-corrected chi connectivity index (χ2v) is 23.4. The van der Waals surface area contributed by atoms with Gasteiger partial charge in [0.05, 0.1) is 39.1 Å². The molecule has 0 aromatic carbocycles. The number of ether oxygens (including phenoxy) is 3. The predicted molar refractivity (Wildman–Crippen MR) is 285 cm³/mol. The first-order chi connectivity index (χ1) is 34.9. The molecule has 0 bridgehead atoms. The van der Waals surface area contributed by atoms with E-state index in [-0.39, 0.29) is 144 Å². The largest absolute Gasteiger partial charge is 1.00 e. The molecule has 0 saturated carbocycles. The van der Waals surface area contributed by atoms with Gasteiger partial charge in [0.15, 0.2) is 15.7 Å². The van der Waals surface area contributed by atoms with Gasteiger partial charge in [-0.3, -0.25) is 42.4 Å². The quantitative estimate of drug-likeness (QED) is 0.0137. The standard InChI is InChI=1S/C28H54O7S.C18H34O7S.C4H6O7S.4Na.4H/c1-3-5-7-9-11-13-15-17-19-21-23-34-27(29)25-26(36(31,32)33)28(30)35-24-22-20-18-16-14-12-10-8-6-4-2;1-2-3-4-5-6-7-8-9-10-11-12-13-14-25-18(21)16(15-17(19)20)26(22,23)24;5-3(6)1-2(4(7)8)12(9,10)11;;;;;;;;/h26H,3-25H2,1-2H3,(H,31,32,33);16H,2-15H2,1H3,(H,19,20)(H,22,23,24);2H,1H2,(H,5,6)(H,7,8)(H,9,10,11);;;;;;;;/q;;;4*+1;4*-1. The Labute approximate surface area is 562 Å². The third kappa shape index (κ3) is 62.6. The molecule has 0 rings (SSSR count). The topological polar surface area (TPSA) is 354 Å². The number of rotatable bonds is 47. The van der Waals surface area contributed by atoms with Crippen LogP contribution in [0.5, 0.6) is 0 Å². The first kappa shape index (κ1) is 92.3. The number of aliphatic carboxylic acids is 3. The molecule has 0 fully saturated rings. The Hall–Kier alpha value is 0.550. The molecular weight excluding hydrogens is 1120 g/mol. The van der Waals surface area contributed by atoms with Crippen molar-refractivity contribution in [3.63, 3.8) is 0 Å². The summed E-state index contributed by atoms with van der Waals surface area (Å²) in [5.74, 6) is -8.11.